The predicted octanol–water partition coefficient (Wildman–Crippen LogP) is 4.13. The van der Waals surface area contributed by atoms with Gasteiger partial charge in [0, 0.05) is 28.1 Å². The summed E-state index contributed by atoms with van der Waals surface area (Å²) in [5.74, 6) is -0.0857. The first kappa shape index (κ1) is 15.5. The first-order chi connectivity index (χ1) is 11.1. The number of benzene rings is 2. The van der Waals surface area contributed by atoms with Gasteiger partial charge in [-0.25, -0.2) is 4.98 Å². The van der Waals surface area contributed by atoms with E-state index >= 15 is 0 Å². The van der Waals surface area contributed by atoms with E-state index in [1.807, 2.05) is 60.2 Å². The minimum Gasteiger partial charge on any atom is -0.346 e. The Bertz CT molecular complexity index is 797. The van der Waals surface area contributed by atoms with Gasteiger partial charge in [-0.3, -0.25) is 4.79 Å². The molecule has 0 aliphatic rings. The average Bonchev–Trinajstić information content (AvgIpc) is 3.09. The number of carbonyl (C=O) groups excluding carboxylic acids is 1. The van der Waals surface area contributed by atoms with Gasteiger partial charge in [0.25, 0.3) is 5.91 Å². The van der Waals surface area contributed by atoms with Gasteiger partial charge in [-0.05, 0) is 42.8 Å². The molecule has 2 aromatic carbocycles. The lowest BCUT2D eigenvalue weighted by Crippen LogP contribution is -2.26. The van der Waals surface area contributed by atoms with Crippen molar-refractivity contribution < 1.29 is 4.79 Å². The standard InChI is InChI=1S/C18H16BrN3O/c1-13(21-18(23)15-3-2-4-16(19)11-15)14-5-7-17(8-6-14)22-10-9-20-12-22/h2-13H,1H3,(H,21,23)/t13-/m1/s1. The minimum absolute atomic E-state index is 0.0710. The lowest BCUT2D eigenvalue weighted by Gasteiger charge is -2.15. The van der Waals surface area contributed by atoms with Crippen molar-refractivity contribution in [3.05, 3.63) is 82.9 Å². The van der Waals surface area contributed by atoms with Gasteiger partial charge < -0.3 is 9.88 Å². The number of imidazole rings is 1. The van der Waals surface area contributed by atoms with Crippen LogP contribution in [0.5, 0.6) is 0 Å². The smallest absolute Gasteiger partial charge is 0.251 e. The van der Waals surface area contributed by atoms with Crippen LogP contribution in [0.3, 0.4) is 0 Å². The van der Waals surface area contributed by atoms with Crippen LogP contribution in [0.15, 0.2) is 71.7 Å². The second-order valence-corrected chi connectivity index (χ2v) is 6.18. The molecule has 0 saturated carbocycles. The second-order valence-electron chi connectivity index (χ2n) is 5.27. The van der Waals surface area contributed by atoms with Crippen LogP contribution in [0.2, 0.25) is 0 Å². The number of halogens is 1. The molecule has 116 valence electrons. The van der Waals surface area contributed by atoms with Crippen molar-refractivity contribution in [2.75, 3.05) is 0 Å². The number of hydrogen-bond acceptors (Lipinski definition) is 2. The molecule has 0 unspecified atom stereocenters. The fourth-order valence-corrected chi connectivity index (χ4v) is 2.74. The van der Waals surface area contributed by atoms with Crippen molar-refractivity contribution in [3.63, 3.8) is 0 Å². The van der Waals surface area contributed by atoms with E-state index in [-0.39, 0.29) is 11.9 Å². The molecule has 0 aliphatic heterocycles. The largest absolute Gasteiger partial charge is 0.346 e. The molecule has 4 nitrogen and oxygen atoms in total. The Kier molecular flexibility index (Phi) is 4.57. The normalized spacial score (nSPS) is 11.9. The summed E-state index contributed by atoms with van der Waals surface area (Å²) < 4.78 is 2.83. The van der Waals surface area contributed by atoms with Crippen molar-refractivity contribution in [3.8, 4) is 5.69 Å². The molecule has 3 rings (SSSR count). The molecule has 23 heavy (non-hydrogen) atoms. The summed E-state index contributed by atoms with van der Waals surface area (Å²) in [6.07, 6.45) is 5.40. The van der Waals surface area contributed by atoms with Crippen LogP contribution in [0.4, 0.5) is 0 Å². The summed E-state index contributed by atoms with van der Waals surface area (Å²) in [4.78, 5) is 16.3. The number of carbonyl (C=O) groups is 1. The van der Waals surface area contributed by atoms with E-state index in [4.69, 9.17) is 0 Å². The van der Waals surface area contributed by atoms with E-state index in [1.165, 1.54) is 0 Å². The van der Waals surface area contributed by atoms with Gasteiger partial charge in [-0.1, -0.05) is 34.1 Å². The first-order valence-corrected chi connectivity index (χ1v) is 8.07. The van der Waals surface area contributed by atoms with Gasteiger partial charge in [0.15, 0.2) is 0 Å². The molecule has 3 aromatic rings. The van der Waals surface area contributed by atoms with E-state index in [0.717, 1.165) is 15.7 Å². The lowest BCUT2D eigenvalue weighted by atomic mass is 10.1. The lowest BCUT2D eigenvalue weighted by molar-refractivity contribution is 0.0940. The van der Waals surface area contributed by atoms with E-state index in [0.29, 0.717) is 5.56 Å². The molecule has 0 radical (unpaired) electrons. The first-order valence-electron chi connectivity index (χ1n) is 7.28. The van der Waals surface area contributed by atoms with Crippen LogP contribution >= 0.6 is 15.9 Å². The zero-order chi connectivity index (χ0) is 16.2. The molecule has 1 aromatic heterocycles. The van der Waals surface area contributed by atoms with E-state index in [2.05, 4.69) is 26.2 Å². The van der Waals surface area contributed by atoms with Gasteiger partial charge in [0.2, 0.25) is 0 Å². The zero-order valence-electron chi connectivity index (χ0n) is 12.6. The highest BCUT2D eigenvalue weighted by molar-refractivity contribution is 9.10. The maximum absolute atomic E-state index is 12.3. The van der Waals surface area contributed by atoms with Crippen molar-refractivity contribution in [2.24, 2.45) is 0 Å². The van der Waals surface area contributed by atoms with Crippen molar-refractivity contribution in [2.45, 2.75) is 13.0 Å². The monoisotopic (exact) mass is 369 g/mol. The fraction of sp³-hybridized carbons (Fsp3) is 0.111. The summed E-state index contributed by atoms with van der Waals surface area (Å²) >= 11 is 3.38. The van der Waals surface area contributed by atoms with Crippen LogP contribution in [0.1, 0.15) is 28.9 Å². The number of hydrogen-bond donors (Lipinski definition) is 1. The molecule has 0 saturated heterocycles. The highest BCUT2D eigenvalue weighted by Crippen LogP contribution is 2.17. The molecule has 0 bridgehead atoms. The van der Waals surface area contributed by atoms with Crippen molar-refractivity contribution in [1.82, 2.24) is 14.9 Å². The van der Waals surface area contributed by atoms with Crippen molar-refractivity contribution >= 4 is 21.8 Å². The molecule has 0 aliphatic carbocycles. The Morgan fingerprint density at radius 1 is 1.22 bits per heavy atom. The fourth-order valence-electron chi connectivity index (χ4n) is 2.34. The highest BCUT2D eigenvalue weighted by atomic mass is 79.9. The topological polar surface area (TPSA) is 46.9 Å². The van der Waals surface area contributed by atoms with Gasteiger partial charge in [-0.2, -0.15) is 0 Å². The van der Waals surface area contributed by atoms with Crippen LogP contribution in [-0.2, 0) is 0 Å². The third kappa shape index (κ3) is 3.68. The molecule has 1 heterocycles. The molecular weight excluding hydrogens is 354 g/mol. The van der Waals surface area contributed by atoms with Crippen LogP contribution in [0.25, 0.3) is 5.69 Å². The number of aromatic nitrogens is 2. The molecule has 1 atom stereocenters. The van der Waals surface area contributed by atoms with E-state index < -0.39 is 0 Å². The average molecular weight is 370 g/mol. The Labute approximate surface area is 143 Å². The Hall–Kier alpha value is -2.40. The second kappa shape index (κ2) is 6.79. The Morgan fingerprint density at radius 2 is 2.00 bits per heavy atom. The summed E-state index contributed by atoms with van der Waals surface area (Å²) in [6.45, 7) is 1.97. The third-order valence-electron chi connectivity index (χ3n) is 3.63. The van der Waals surface area contributed by atoms with Gasteiger partial charge in [0.1, 0.15) is 0 Å². The SMILES string of the molecule is C[C@@H](NC(=O)c1cccc(Br)c1)c1ccc(-n2ccnc2)cc1. The molecule has 1 amide bonds. The summed E-state index contributed by atoms with van der Waals surface area (Å²) in [6, 6.07) is 15.3. The maximum atomic E-state index is 12.3. The number of nitrogens with one attached hydrogen (secondary N) is 1. The molecule has 1 N–H and O–H groups in total. The number of nitrogens with zero attached hydrogens (tertiary/aromatic N) is 2. The predicted molar refractivity (Wildman–Crippen MR) is 93.6 cm³/mol. The van der Waals surface area contributed by atoms with Gasteiger partial charge >= 0.3 is 0 Å². The molecule has 0 fully saturated rings. The van der Waals surface area contributed by atoms with Crippen LogP contribution in [-0.4, -0.2) is 15.5 Å². The summed E-state index contributed by atoms with van der Waals surface area (Å²) in [5, 5.41) is 3.01. The number of amides is 1. The minimum atomic E-state index is -0.0857. The highest BCUT2D eigenvalue weighted by Gasteiger charge is 2.11. The van der Waals surface area contributed by atoms with E-state index in [9.17, 15) is 4.79 Å². The van der Waals surface area contributed by atoms with E-state index in [1.54, 1.807) is 18.6 Å². The van der Waals surface area contributed by atoms with Crippen LogP contribution < -0.4 is 5.32 Å². The summed E-state index contributed by atoms with van der Waals surface area (Å²) in [5.41, 5.74) is 2.73. The Morgan fingerprint density at radius 3 is 2.65 bits per heavy atom. The quantitative estimate of drug-likeness (QED) is 0.751. The van der Waals surface area contributed by atoms with Gasteiger partial charge in [0.05, 0.1) is 12.4 Å². The van der Waals surface area contributed by atoms with Crippen LogP contribution in [0, 0.1) is 0 Å². The van der Waals surface area contributed by atoms with Crippen molar-refractivity contribution in [1.29, 1.82) is 0 Å². The Balaban J connectivity index is 1.70. The summed E-state index contributed by atoms with van der Waals surface area (Å²) in [7, 11) is 0. The van der Waals surface area contributed by atoms with Gasteiger partial charge in [-0.15, -0.1) is 0 Å². The maximum Gasteiger partial charge on any atom is 0.251 e. The number of rotatable bonds is 4. The molecule has 5 heteroatoms. The zero-order valence-corrected chi connectivity index (χ0v) is 14.2. The molecule has 0 spiro atoms. The molecular formula is C18H16BrN3O. The third-order valence-corrected chi connectivity index (χ3v) is 4.12.